The number of aromatic nitrogens is 2. The van der Waals surface area contributed by atoms with E-state index in [-0.39, 0.29) is 12.6 Å². The lowest BCUT2D eigenvalue weighted by atomic mass is 9.71. The Bertz CT molecular complexity index is 1150. The van der Waals surface area contributed by atoms with Crippen LogP contribution in [0.15, 0.2) is 24.3 Å². The van der Waals surface area contributed by atoms with Crippen molar-refractivity contribution >= 4 is 17.0 Å². The molecule has 4 bridgehead atoms. The highest BCUT2D eigenvalue weighted by molar-refractivity contribution is 5.76. The van der Waals surface area contributed by atoms with Crippen LogP contribution in [0.5, 0.6) is 0 Å². The van der Waals surface area contributed by atoms with Crippen LogP contribution < -0.4 is 0 Å². The van der Waals surface area contributed by atoms with Gasteiger partial charge in [-0.25, -0.2) is 4.98 Å². The first kappa shape index (κ1) is 25.1. The van der Waals surface area contributed by atoms with Crippen molar-refractivity contribution in [2.24, 2.45) is 17.8 Å². The number of likely N-dealkylation sites (tertiary alicyclic amines) is 1. The molecule has 1 N–H and O–H groups in total. The van der Waals surface area contributed by atoms with E-state index in [1.165, 1.54) is 76.1 Å². The van der Waals surface area contributed by atoms with Gasteiger partial charge in [-0.05, 0) is 94.2 Å². The molecule has 2 aliphatic carbocycles. The van der Waals surface area contributed by atoms with Gasteiger partial charge in [-0.15, -0.1) is 0 Å². The first-order valence-corrected chi connectivity index (χ1v) is 15.7. The van der Waals surface area contributed by atoms with E-state index in [0.29, 0.717) is 18.1 Å². The molecule has 1 aromatic carbocycles. The van der Waals surface area contributed by atoms with Crippen LogP contribution in [-0.4, -0.2) is 61.6 Å². The van der Waals surface area contributed by atoms with Gasteiger partial charge in [0, 0.05) is 24.2 Å². The van der Waals surface area contributed by atoms with Crippen molar-refractivity contribution in [2.75, 3.05) is 13.1 Å². The van der Waals surface area contributed by atoms with Gasteiger partial charge in [0.25, 0.3) is 0 Å². The zero-order valence-electron chi connectivity index (χ0n) is 23.2. The maximum absolute atomic E-state index is 11.7. The summed E-state index contributed by atoms with van der Waals surface area (Å²) in [5.74, 6) is 3.05. The standard InChI is InChI=1S/C32H46N4O2/c1-21-12-13-24-18-26(19-30(21)35(24)25-16-22-7-2-3-8-23(15-22)17-25)36-28-10-5-4-9-27(28)33-32(36)29-11-6-14-34(29)20-31(37)38/h4-5,9-10,21-26,29-30H,2-3,6-8,11-20H2,1H3,(H,37,38)/t21-,22-,23+,24+,25-,26-,29+,30+/m0/s1. The lowest BCUT2D eigenvalue weighted by molar-refractivity contribution is -0.138. The molecule has 38 heavy (non-hydrogen) atoms. The first-order valence-electron chi connectivity index (χ1n) is 15.7. The Morgan fingerprint density at radius 1 is 0.895 bits per heavy atom. The number of rotatable bonds is 5. The summed E-state index contributed by atoms with van der Waals surface area (Å²) in [5.41, 5.74) is 2.32. The van der Waals surface area contributed by atoms with Crippen molar-refractivity contribution in [3.05, 3.63) is 30.1 Å². The second kappa shape index (κ2) is 10.2. The third-order valence-electron chi connectivity index (χ3n) is 11.2. The third kappa shape index (κ3) is 4.50. The van der Waals surface area contributed by atoms with Crippen molar-refractivity contribution in [3.63, 3.8) is 0 Å². The molecule has 0 radical (unpaired) electrons. The van der Waals surface area contributed by atoms with Gasteiger partial charge >= 0.3 is 5.97 Å². The highest BCUT2D eigenvalue weighted by Gasteiger charge is 2.48. The average molecular weight is 519 g/mol. The number of hydrogen-bond donors (Lipinski definition) is 1. The van der Waals surface area contributed by atoms with Crippen LogP contribution in [-0.2, 0) is 4.79 Å². The summed E-state index contributed by atoms with van der Waals surface area (Å²) >= 11 is 0. The third-order valence-corrected chi connectivity index (χ3v) is 11.2. The number of imidazole rings is 1. The van der Waals surface area contributed by atoms with Crippen LogP contribution in [0, 0.1) is 17.8 Å². The van der Waals surface area contributed by atoms with Gasteiger partial charge < -0.3 is 9.67 Å². The maximum Gasteiger partial charge on any atom is 0.317 e. The topological polar surface area (TPSA) is 61.6 Å². The summed E-state index contributed by atoms with van der Waals surface area (Å²) in [5, 5.41) is 9.59. The Balaban J connectivity index is 1.22. The van der Waals surface area contributed by atoms with E-state index in [9.17, 15) is 9.90 Å². The number of fused-ring (bicyclic) bond motifs is 5. The largest absolute Gasteiger partial charge is 0.480 e. The number of aliphatic carboxylic acids is 1. The van der Waals surface area contributed by atoms with Crippen molar-refractivity contribution in [3.8, 4) is 0 Å². The minimum Gasteiger partial charge on any atom is -0.480 e. The molecule has 6 nitrogen and oxygen atoms in total. The van der Waals surface area contributed by atoms with Gasteiger partial charge in [0.05, 0.1) is 23.6 Å². The van der Waals surface area contributed by atoms with Gasteiger partial charge in [-0.3, -0.25) is 14.6 Å². The Hall–Kier alpha value is -1.92. The van der Waals surface area contributed by atoms with E-state index < -0.39 is 5.97 Å². The molecule has 4 heterocycles. The van der Waals surface area contributed by atoms with Crippen LogP contribution in [0.3, 0.4) is 0 Å². The fraction of sp³-hybridized carbons (Fsp3) is 0.750. The minimum absolute atomic E-state index is 0.107. The molecule has 8 atom stereocenters. The summed E-state index contributed by atoms with van der Waals surface area (Å²) in [6.45, 7) is 3.48. The van der Waals surface area contributed by atoms with Crippen molar-refractivity contribution in [1.82, 2.24) is 19.4 Å². The van der Waals surface area contributed by atoms with Crippen molar-refractivity contribution in [2.45, 2.75) is 121 Å². The quantitative estimate of drug-likeness (QED) is 0.495. The smallest absolute Gasteiger partial charge is 0.317 e. The Kier molecular flexibility index (Phi) is 6.76. The molecule has 7 rings (SSSR count). The van der Waals surface area contributed by atoms with E-state index in [2.05, 4.69) is 45.6 Å². The summed E-state index contributed by atoms with van der Waals surface area (Å²) in [6, 6.07) is 11.3. The van der Waals surface area contributed by atoms with Gasteiger partial charge in [0.2, 0.25) is 0 Å². The normalized spacial score (nSPS) is 38.3. The first-order chi connectivity index (χ1) is 18.5. The predicted octanol–water partition coefficient (Wildman–Crippen LogP) is 6.42. The molecule has 206 valence electrons. The lowest BCUT2D eigenvalue weighted by Gasteiger charge is -2.56. The zero-order valence-corrected chi connectivity index (χ0v) is 23.2. The average Bonchev–Trinajstić information content (AvgIpc) is 3.47. The summed E-state index contributed by atoms with van der Waals surface area (Å²) in [6.07, 6.45) is 17.4. The van der Waals surface area contributed by atoms with E-state index in [4.69, 9.17) is 4.98 Å². The number of piperidine rings is 2. The molecular formula is C32H46N4O2. The van der Waals surface area contributed by atoms with Crippen LogP contribution in [0.25, 0.3) is 11.0 Å². The van der Waals surface area contributed by atoms with Gasteiger partial charge in [0.15, 0.2) is 0 Å². The van der Waals surface area contributed by atoms with Gasteiger partial charge in [-0.1, -0.05) is 44.7 Å². The molecule has 1 aromatic heterocycles. The molecule has 5 aliphatic rings. The maximum atomic E-state index is 11.7. The second-order valence-corrected chi connectivity index (χ2v) is 13.6. The molecule has 6 heteroatoms. The molecular weight excluding hydrogens is 472 g/mol. The van der Waals surface area contributed by atoms with E-state index >= 15 is 0 Å². The van der Waals surface area contributed by atoms with Crippen LogP contribution >= 0.6 is 0 Å². The van der Waals surface area contributed by atoms with E-state index in [1.807, 2.05) is 0 Å². The molecule has 2 aromatic rings. The number of carboxylic acid groups (broad SMARTS) is 1. The molecule has 3 aliphatic heterocycles. The fourth-order valence-electron chi connectivity index (χ4n) is 9.70. The fourth-order valence-corrected chi connectivity index (χ4v) is 9.70. The van der Waals surface area contributed by atoms with Crippen molar-refractivity contribution in [1.29, 1.82) is 0 Å². The SMILES string of the molecule is C[C@H]1CC[C@@H]2C[C@H](n3c([C@H]4CCCN4CC(=O)O)nc4ccccc43)C[C@H]1N2[C@@H]1C[C@@H]2CCCC[C@@H](C2)C1. The minimum atomic E-state index is -0.732. The number of benzene rings is 1. The molecule has 0 amide bonds. The zero-order chi connectivity index (χ0) is 25.8. The van der Waals surface area contributed by atoms with Crippen molar-refractivity contribution < 1.29 is 9.90 Å². The summed E-state index contributed by atoms with van der Waals surface area (Å²) in [7, 11) is 0. The summed E-state index contributed by atoms with van der Waals surface area (Å²) in [4.78, 5) is 22.1. The molecule has 3 saturated heterocycles. The van der Waals surface area contributed by atoms with Crippen LogP contribution in [0.1, 0.15) is 108 Å². The van der Waals surface area contributed by atoms with Gasteiger partial charge in [-0.2, -0.15) is 0 Å². The number of carboxylic acids is 1. The van der Waals surface area contributed by atoms with E-state index in [1.54, 1.807) is 0 Å². The van der Waals surface area contributed by atoms with E-state index in [0.717, 1.165) is 54.5 Å². The lowest BCUT2D eigenvalue weighted by Crippen LogP contribution is -2.60. The highest BCUT2D eigenvalue weighted by Crippen LogP contribution is 2.49. The number of para-hydroxylation sites is 2. The monoisotopic (exact) mass is 518 g/mol. The molecule has 0 unspecified atom stereocenters. The summed E-state index contributed by atoms with van der Waals surface area (Å²) < 4.78 is 2.59. The number of hydrogen-bond acceptors (Lipinski definition) is 4. The Morgan fingerprint density at radius 2 is 1.68 bits per heavy atom. The van der Waals surface area contributed by atoms with Gasteiger partial charge in [0.1, 0.15) is 5.82 Å². The number of carbonyl (C=O) groups is 1. The molecule has 2 saturated carbocycles. The van der Waals surface area contributed by atoms with Crippen LogP contribution in [0.4, 0.5) is 0 Å². The Labute approximate surface area is 227 Å². The number of nitrogens with zero attached hydrogens (tertiary/aromatic N) is 4. The van der Waals surface area contributed by atoms with Crippen LogP contribution in [0.2, 0.25) is 0 Å². The molecule has 0 spiro atoms. The second-order valence-electron chi connectivity index (χ2n) is 13.6. The Morgan fingerprint density at radius 3 is 2.47 bits per heavy atom. The highest BCUT2D eigenvalue weighted by atomic mass is 16.4. The predicted molar refractivity (Wildman–Crippen MR) is 150 cm³/mol. The molecule has 5 fully saturated rings.